The summed E-state index contributed by atoms with van der Waals surface area (Å²) in [5, 5.41) is 3.88. The fourth-order valence-corrected chi connectivity index (χ4v) is 4.66. The number of aryl methyl sites for hydroxylation is 1. The monoisotopic (exact) mass is 528 g/mol. The molecule has 0 radical (unpaired) electrons. The third-order valence-corrected chi connectivity index (χ3v) is 6.64. The Bertz CT molecular complexity index is 1680. The van der Waals surface area contributed by atoms with E-state index in [1.165, 1.54) is 6.07 Å². The number of carbonyl (C=O) groups is 1. The van der Waals surface area contributed by atoms with Crippen molar-refractivity contribution in [2.45, 2.75) is 6.92 Å². The minimum Gasteiger partial charge on any atom is -0.497 e. The summed E-state index contributed by atoms with van der Waals surface area (Å²) in [7, 11) is 1.57. The molecular formula is C29H25FN4O5. The summed E-state index contributed by atoms with van der Waals surface area (Å²) in [4.78, 5) is 24.1. The van der Waals surface area contributed by atoms with E-state index in [4.69, 9.17) is 18.6 Å². The number of ether oxygens (including phenoxy) is 3. The zero-order valence-electron chi connectivity index (χ0n) is 21.4. The van der Waals surface area contributed by atoms with Crippen molar-refractivity contribution in [3.05, 3.63) is 78.1 Å². The standard InChI is InChI=1S/C29H25FN4O5/c1-17-26(29(35)33-18-3-8-25(32-16-18)34-11-13-37-14-12-34)21-6-7-24(27(30)28(21)38-17)39-23-9-10-31-22-15-19(36-2)4-5-20(22)23/h3-10,15-16H,11-14H2,1-2H3,(H,33,35). The van der Waals surface area contributed by atoms with E-state index in [2.05, 4.69) is 20.2 Å². The number of carbonyl (C=O) groups excluding carboxylic acids is 1. The van der Waals surface area contributed by atoms with Crippen LogP contribution in [0.4, 0.5) is 15.9 Å². The lowest BCUT2D eigenvalue weighted by atomic mass is 10.1. The number of anilines is 2. The highest BCUT2D eigenvalue weighted by Gasteiger charge is 2.23. The lowest BCUT2D eigenvalue weighted by Crippen LogP contribution is -2.36. The number of hydrogen-bond donors (Lipinski definition) is 1. The highest BCUT2D eigenvalue weighted by atomic mass is 19.1. The normalized spacial score (nSPS) is 13.6. The van der Waals surface area contributed by atoms with E-state index in [-0.39, 0.29) is 22.7 Å². The van der Waals surface area contributed by atoms with Gasteiger partial charge in [0.1, 0.15) is 23.1 Å². The summed E-state index contributed by atoms with van der Waals surface area (Å²) < 4.78 is 37.8. The number of pyridine rings is 2. The smallest absolute Gasteiger partial charge is 0.259 e. The fraction of sp³-hybridized carbons (Fsp3) is 0.207. The minimum absolute atomic E-state index is 0.0329. The molecule has 1 fully saturated rings. The molecule has 2 aromatic carbocycles. The summed E-state index contributed by atoms with van der Waals surface area (Å²) >= 11 is 0. The molecule has 1 aliphatic heterocycles. The van der Waals surface area contributed by atoms with E-state index in [0.717, 1.165) is 18.9 Å². The van der Waals surface area contributed by atoms with Crippen LogP contribution in [0.25, 0.3) is 21.9 Å². The molecule has 1 N–H and O–H groups in total. The van der Waals surface area contributed by atoms with Crippen molar-refractivity contribution >= 4 is 39.3 Å². The van der Waals surface area contributed by atoms with Crippen LogP contribution in [-0.2, 0) is 4.74 Å². The molecule has 0 atom stereocenters. The van der Waals surface area contributed by atoms with Crippen LogP contribution in [0.5, 0.6) is 17.2 Å². The number of aromatic nitrogens is 2. The molecule has 9 nitrogen and oxygen atoms in total. The Balaban J connectivity index is 1.25. The second-order valence-corrected chi connectivity index (χ2v) is 9.04. The highest BCUT2D eigenvalue weighted by molar-refractivity contribution is 6.13. The average molecular weight is 529 g/mol. The molecule has 0 saturated carbocycles. The number of benzene rings is 2. The van der Waals surface area contributed by atoms with Gasteiger partial charge in [-0.25, -0.2) is 4.98 Å². The van der Waals surface area contributed by atoms with Crippen LogP contribution in [0, 0.1) is 12.7 Å². The van der Waals surface area contributed by atoms with E-state index in [1.807, 2.05) is 6.07 Å². The summed E-state index contributed by atoms with van der Waals surface area (Å²) in [6.07, 6.45) is 3.18. The number of hydrogen-bond acceptors (Lipinski definition) is 8. The second-order valence-electron chi connectivity index (χ2n) is 9.04. The molecule has 198 valence electrons. The number of furan rings is 1. The number of rotatable bonds is 6. The van der Waals surface area contributed by atoms with Gasteiger partial charge in [0, 0.05) is 36.1 Å². The summed E-state index contributed by atoms with van der Waals surface area (Å²) in [6, 6.07) is 13.7. The first-order valence-corrected chi connectivity index (χ1v) is 12.4. The van der Waals surface area contributed by atoms with E-state index in [0.29, 0.717) is 46.7 Å². The van der Waals surface area contributed by atoms with Crippen LogP contribution in [0.1, 0.15) is 16.1 Å². The molecule has 1 amide bonds. The molecular weight excluding hydrogens is 503 g/mol. The van der Waals surface area contributed by atoms with E-state index >= 15 is 4.39 Å². The Hall–Kier alpha value is -4.70. The van der Waals surface area contributed by atoms with Crippen molar-refractivity contribution < 1.29 is 27.8 Å². The summed E-state index contributed by atoms with van der Waals surface area (Å²) in [6.45, 7) is 4.47. The van der Waals surface area contributed by atoms with Gasteiger partial charge in [0.2, 0.25) is 5.82 Å². The van der Waals surface area contributed by atoms with Crippen molar-refractivity contribution in [2.75, 3.05) is 43.6 Å². The SMILES string of the molecule is COc1ccc2c(Oc3ccc4c(C(=O)Nc5ccc(N6CCOCC6)nc5)c(C)oc4c3F)ccnc2c1. The molecule has 3 aromatic heterocycles. The Morgan fingerprint density at radius 3 is 2.62 bits per heavy atom. The molecule has 1 aliphatic rings. The third kappa shape index (κ3) is 4.70. The predicted octanol–water partition coefficient (Wildman–Crippen LogP) is 5.71. The van der Waals surface area contributed by atoms with Crippen LogP contribution in [0.15, 0.2) is 65.3 Å². The van der Waals surface area contributed by atoms with Crippen molar-refractivity contribution in [3.8, 4) is 17.2 Å². The van der Waals surface area contributed by atoms with Gasteiger partial charge in [-0.05, 0) is 49.4 Å². The van der Waals surface area contributed by atoms with Crippen molar-refractivity contribution in [1.29, 1.82) is 0 Å². The Morgan fingerprint density at radius 1 is 1.03 bits per heavy atom. The first-order chi connectivity index (χ1) is 19.0. The zero-order chi connectivity index (χ0) is 26.9. The van der Waals surface area contributed by atoms with Gasteiger partial charge in [-0.1, -0.05) is 0 Å². The number of nitrogens with one attached hydrogen (secondary N) is 1. The summed E-state index contributed by atoms with van der Waals surface area (Å²) in [5.41, 5.74) is 1.35. The molecule has 4 heterocycles. The van der Waals surface area contributed by atoms with Gasteiger partial charge in [0.15, 0.2) is 11.3 Å². The Labute approximate surface area is 223 Å². The lowest BCUT2D eigenvalue weighted by molar-refractivity contribution is 0.102. The molecule has 6 rings (SSSR count). The number of fused-ring (bicyclic) bond motifs is 2. The Kier molecular flexibility index (Phi) is 6.45. The van der Waals surface area contributed by atoms with Crippen LogP contribution in [0.2, 0.25) is 0 Å². The topological polar surface area (TPSA) is 99.0 Å². The quantitative estimate of drug-likeness (QED) is 0.299. The predicted molar refractivity (Wildman–Crippen MR) is 145 cm³/mol. The molecule has 5 aromatic rings. The van der Waals surface area contributed by atoms with Crippen LogP contribution >= 0.6 is 0 Å². The number of morpholine rings is 1. The van der Waals surface area contributed by atoms with E-state index in [1.54, 1.807) is 62.8 Å². The maximum atomic E-state index is 15.6. The zero-order valence-corrected chi connectivity index (χ0v) is 21.4. The van der Waals surface area contributed by atoms with Crippen molar-refractivity contribution in [2.24, 2.45) is 0 Å². The number of nitrogens with zero attached hydrogens (tertiary/aromatic N) is 3. The molecule has 0 bridgehead atoms. The van der Waals surface area contributed by atoms with Crippen molar-refractivity contribution in [1.82, 2.24) is 9.97 Å². The largest absolute Gasteiger partial charge is 0.497 e. The molecule has 0 spiro atoms. The van der Waals surface area contributed by atoms with Crippen LogP contribution in [0.3, 0.4) is 0 Å². The molecule has 39 heavy (non-hydrogen) atoms. The number of amides is 1. The Morgan fingerprint density at radius 2 is 1.85 bits per heavy atom. The van der Waals surface area contributed by atoms with Gasteiger partial charge in [-0.15, -0.1) is 0 Å². The van der Waals surface area contributed by atoms with Gasteiger partial charge >= 0.3 is 0 Å². The van der Waals surface area contributed by atoms with Crippen LogP contribution in [-0.4, -0.2) is 49.3 Å². The number of methoxy groups -OCH3 is 1. The fourth-order valence-electron chi connectivity index (χ4n) is 4.66. The first kappa shape index (κ1) is 24.6. The highest BCUT2D eigenvalue weighted by Crippen LogP contribution is 2.37. The molecule has 1 saturated heterocycles. The van der Waals surface area contributed by atoms with Gasteiger partial charge in [-0.3, -0.25) is 9.78 Å². The van der Waals surface area contributed by atoms with Gasteiger partial charge in [0.25, 0.3) is 5.91 Å². The van der Waals surface area contributed by atoms with E-state index < -0.39 is 11.7 Å². The van der Waals surface area contributed by atoms with E-state index in [9.17, 15) is 4.79 Å². The minimum atomic E-state index is -0.704. The summed E-state index contributed by atoms with van der Waals surface area (Å²) in [5.74, 6) is 1.03. The average Bonchev–Trinajstić information content (AvgIpc) is 3.32. The molecule has 10 heteroatoms. The van der Waals surface area contributed by atoms with Crippen molar-refractivity contribution in [3.63, 3.8) is 0 Å². The second kappa shape index (κ2) is 10.2. The maximum absolute atomic E-state index is 15.6. The van der Waals surface area contributed by atoms with Gasteiger partial charge in [0.05, 0.1) is 43.3 Å². The number of halogens is 1. The first-order valence-electron chi connectivity index (χ1n) is 12.4. The van der Waals surface area contributed by atoms with Gasteiger partial charge < -0.3 is 28.8 Å². The molecule has 0 aliphatic carbocycles. The van der Waals surface area contributed by atoms with Gasteiger partial charge in [-0.2, -0.15) is 4.39 Å². The maximum Gasteiger partial charge on any atom is 0.259 e. The molecule has 0 unspecified atom stereocenters. The lowest BCUT2D eigenvalue weighted by Gasteiger charge is -2.27. The van der Waals surface area contributed by atoms with Crippen LogP contribution < -0.4 is 19.7 Å². The third-order valence-electron chi connectivity index (χ3n) is 6.64.